The molecule has 4 nitrogen and oxygen atoms in total. The lowest BCUT2D eigenvalue weighted by Gasteiger charge is -2.31. The maximum absolute atomic E-state index is 12.5. The Morgan fingerprint density at radius 3 is 2.83 bits per heavy atom. The number of carbonyl (C=O) groups is 1. The average Bonchev–Trinajstić information content (AvgIpc) is 3.11. The monoisotopic (exact) mass is 316 g/mol. The van der Waals surface area contributed by atoms with Crippen LogP contribution in [-0.4, -0.2) is 32.1 Å². The summed E-state index contributed by atoms with van der Waals surface area (Å²) in [7, 11) is 1.71. The zero-order valence-corrected chi connectivity index (χ0v) is 14.1. The molecule has 23 heavy (non-hydrogen) atoms. The predicted octanol–water partition coefficient (Wildman–Crippen LogP) is 2.77. The van der Waals surface area contributed by atoms with E-state index in [0.717, 1.165) is 44.5 Å². The van der Waals surface area contributed by atoms with Gasteiger partial charge >= 0.3 is 0 Å². The molecule has 126 valence electrons. The van der Waals surface area contributed by atoms with E-state index < -0.39 is 0 Å². The summed E-state index contributed by atoms with van der Waals surface area (Å²) in [5, 5.41) is 6.56. The first-order valence-electron chi connectivity index (χ1n) is 8.89. The smallest absolute Gasteiger partial charge is 0.237 e. The Balaban J connectivity index is 1.69. The minimum Gasteiger partial charge on any atom is -0.497 e. The Morgan fingerprint density at radius 1 is 1.30 bits per heavy atom. The Bertz CT molecular complexity index is 532. The molecular formula is C19H28N2O2. The predicted molar refractivity (Wildman–Crippen MR) is 91.8 cm³/mol. The molecule has 4 heteroatoms. The van der Waals surface area contributed by atoms with Crippen LogP contribution in [0.15, 0.2) is 24.3 Å². The number of hydrogen-bond donors (Lipinski definition) is 2. The number of hydrogen-bond acceptors (Lipinski definition) is 3. The summed E-state index contributed by atoms with van der Waals surface area (Å²) < 4.78 is 5.38. The Labute approximate surface area is 139 Å². The molecule has 1 atom stereocenters. The zero-order valence-electron chi connectivity index (χ0n) is 14.1. The van der Waals surface area contributed by atoms with E-state index in [1.165, 1.54) is 24.8 Å². The van der Waals surface area contributed by atoms with Gasteiger partial charge in [0.2, 0.25) is 5.91 Å². The van der Waals surface area contributed by atoms with Gasteiger partial charge in [0, 0.05) is 12.0 Å². The third-order valence-corrected chi connectivity index (χ3v) is 5.47. The van der Waals surface area contributed by atoms with Crippen molar-refractivity contribution in [2.24, 2.45) is 0 Å². The number of nitrogens with one attached hydrogen (secondary N) is 2. The minimum absolute atomic E-state index is 0.00693. The summed E-state index contributed by atoms with van der Waals surface area (Å²) in [6.07, 6.45) is 8.02. The van der Waals surface area contributed by atoms with E-state index in [0.29, 0.717) is 0 Å². The SMILES string of the molecule is COc1cccc(C2(CNC(=O)C3CCCCN3)CCCC2)c1. The Morgan fingerprint density at radius 2 is 2.13 bits per heavy atom. The van der Waals surface area contributed by atoms with Crippen LogP contribution in [0.25, 0.3) is 0 Å². The van der Waals surface area contributed by atoms with Crippen LogP contribution in [-0.2, 0) is 10.2 Å². The number of ether oxygens (including phenoxy) is 1. The van der Waals surface area contributed by atoms with Crippen molar-refractivity contribution in [3.63, 3.8) is 0 Å². The molecule has 1 aliphatic heterocycles. The molecule has 1 saturated heterocycles. The lowest BCUT2D eigenvalue weighted by molar-refractivity contribution is -0.123. The van der Waals surface area contributed by atoms with Gasteiger partial charge in [-0.15, -0.1) is 0 Å². The van der Waals surface area contributed by atoms with Crippen molar-refractivity contribution in [3.05, 3.63) is 29.8 Å². The summed E-state index contributed by atoms with van der Waals surface area (Å²) in [6, 6.07) is 8.34. The fraction of sp³-hybridized carbons (Fsp3) is 0.632. The maximum Gasteiger partial charge on any atom is 0.237 e. The summed E-state index contributed by atoms with van der Waals surface area (Å²) in [6.45, 7) is 1.69. The van der Waals surface area contributed by atoms with E-state index in [9.17, 15) is 4.79 Å². The molecule has 0 spiro atoms. The van der Waals surface area contributed by atoms with Gasteiger partial charge in [-0.05, 0) is 49.9 Å². The Hall–Kier alpha value is -1.55. The van der Waals surface area contributed by atoms with Gasteiger partial charge in [-0.1, -0.05) is 31.4 Å². The fourth-order valence-electron chi connectivity index (χ4n) is 4.03. The van der Waals surface area contributed by atoms with Gasteiger partial charge in [-0.3, -0.25) is 4.79 Å². The molecule has 2 aliphatic rings. The number of rotatable bonds is 5. The first-order valence-corrected chi connectivity index (χ1v) is 8.89. The Kier molecular flexibility index (Phi) is 5.21. The lowest BCUT2D eigenvalue weighted by Crippen LogP contribution is -2.49. The molecule has 2 fully saturated rings. The first-order chi connectivity index (χ1) is 11.2. The van der Waals surface area contributed by atoms with Gasteiger partial charge in [0.25, 0.3) is 0 Å². The first kappa shape index (κ1) is 16.3. The molecule has 1 aromatic carbocycles. The molecule has 3 rings (SSSR count). The van der Waals surface area contributed by atoms with Crippen LogP contribution < -0.4 is 15.4 Å². The van der Waals surface area contributed by atoms with E-state index in [4.69, 9.17) is 4.74 Å². The molecule has 1 aromatic rings. The van der Waals surface area contributed by atoms with Gasteiger partial charge in [0.05, 0.1) is 13.2 Å². The molecule has 1 heterocycles. The molecule has 0 aromatic heterocycles. The summed E-state index contributed by atoms with van der Waals surface area (Å²) in [4.78, 5) is 12.5. The van der Waals surface area contributed by atoms with Crippen LogP contribution >= 0.6 is 0 Å². The molecule has 1 saturated carbocycles. The van der Waals surface area contributed by atoms with Crippen molar-refractivity contribution >= 4 is 5.91 Å². The van der Waals surface area contributed by atoms with E-state index in [1.54, 1.807) is 7.11 Å². The van der Waals surface area contributed by atoms with Crippen LogP contribution in [0, 0.1) is 0 Å². The van der Waals surface area contributed by atoms with Crippen molar-refractivity contribution in [2.75, 3.05) is 20.2 Å². The van der Waals surface area contributed by atoms with Crippen LogP contribution in [0.5, 0.6) is 5.75 Å². The summed E-state index contributed by atoms with van der Waals surface area (Å²) in [5.41, 5.74) is 1.37. The highest BCUT2D eigenvalue weighted by molar-refractivity contribution is 5.81. The van der Waals surface area contributed by atoms with Crippen LogP contribution in [0.4, 0.5) is 0 Å². The van der Waals surface area contributed by atoms with Gasteiger partial charge in [0.1, 0.15) is 5.75 Å². The van der Waals surface area contributed by atoms with Gasteiger partial charge in [-0.25, -0.2) is 0 Å². The van der Waals surface area contributed by atoms with Crippen molar-refractivity contribution in [2.45, 2.75) is 56.4 Å². The standard InChI is InChI=1S/C19H28N2O2/c1-23-16-8-6-7-15(13-16)19(10-3-4-11-19)14-21-18(22)17-9-2-5-12-20-17/h6-8,13,17,20H,2-5,9-12,14H2,1H3,(H,21,22). The maximum atomic E-state index is 12.5. The second-order valence-electron chi connectivity index (χ2n) is 6.94. The van der Waals surface area contributed by atoms with E-state index in [2.05, 4.69) is 28.8 Å². The van der Waals surface area contributed by atoms with Gasteiger partial charge in [-0.2, -0.15) is 0 Å². The average molecular weight is 316 g/mol. The molecule has 0 bridgehead atoms. The van der Waals surface area contributed by atoms with Crippen LogP contribution in [0.2, 0.25) is 0 Å². The van der Waals surface area contributed by atoms with Crippen LogP contribution in [0.3, 0.4) is 0 Å². The number of benzene rings is 1. The third kappa shape index (κ3) is 3.69. The van der Waals surface area contributed by atoms with Gasteiger partial charge in [0.15, 0.2) is 0 Å². The number of amides is 1. The topological polar surface area (TPSA) is 50.4 Å². The molecule has 1 aliphatic carbocycles. The molecule has 0 radical (unpaired) electrons. The molecular weight excluding hydrogens is 288 g/mol. The van der Waals surface area contributed by atoms with Crippen molar-refractivity contribution in [1.29, 1.82) is 0 Å². The fourth-order valence-corrected chi connectivity index (χ4v) is 4.03. The molecule has 2 N–H and O–H groups in total. The van der Waals surface area contributed by atoms with Crippen molar-refractivity contribution in [1.82, 2.24) is 10.6 Å². The largest absolute Gasteiger partial charge is 0.497 e. The second-order valence-corrected chi connectivity index (χ2v) is 6.94. The third-order valence-electron chi connectivity index (χ3n) is 5.47. The molecule has 1 amide bonds. The lowest BCUT2D eigenvalue weighted by atomic mass is 9.78. The van der Waals surface area contributed by atoms with Gasteiger partial charge < -0.3 is 15.4 Å². The highest BCUT2D eigenvalue weighted by Crippen LogP contribution is 2.41. The summed E-state index contributed by atoms with van der Waals surface area (Å²) >= 11 is 0. The van der Waals surface area contributed by atoms with E-state index >= 15 is 0 Å². The van der Waals surface area contributed by atoms with Crippen molar-refractivity contribution < 1.29 is 9.53 Å². The highest BCUT2D eigenvalue weighted by atomic mass is 16.5. The normalized spacial score (nSPS) is 23.4. The highest BCUT2D eigenvalue weighted by Gasteiger charge is 2.36. The number of piperidine rings is 1. The van der Waals surface area contributed by atoms with E-state index in [1.807, 2.05) is 6.07 Å². The quantitative estimate of drug-likeness (QED) is 0.878. The van der Waals surface area contributed by atoms with Crippen LogP contribution in [0.1, 0.15) is 50.5 Å². The minimum atomic E-state index is -0.00693. The number of methoxy groups -OCH3 is 1. The van der Waals surface area contributed by atoms with Crippen molar-refractivity contribution in [3.8, 4) is 5.75 Å². The number of carbonyl (C=O) groups excluding carboxylic acids is 1. The molecule has 1 unspecified atom stereocenters. The summed E-state index contributed by atoms with van der Waals surface area (Å²) in [5.74, 6) is 1.06. The zero-order chi connectivity index (χ0) is 16.1. The van der Waals surface area contributed by atoms with E-state index in [-0.39, 0.29) is 17.4 Å². The second kappa shape index (κ2) is 7.35.